The molecule has 1 aromatic heterocycles. The van der Waals surface area contributed by atoms with Gasteiger partial charge in [-0.2, -0.15) is 0 Å². The Balaban J connectivity index is 2.19. The molecule has 0 aliphatic carbocycles. The summed E-state index contributed by atoms with van der Waals surface area (Å²) < 4.78 is 0. The number of anilines is 1. The smallest absolute Gasteiger partial charge is 0.153 e. The lowest BCUT2D eigenvalue weighted by molar-refractivity contribution is 0.112. The van der Waals surface area contributed by atoms with Gasteiger partial charge in [0.05, 0.1) is 5.56 Å². The molecule has 1 fully saturated rings. The molecule has 1 unspecified atom stereocenters. The van der Waals surface area contributed by atoms with Crippen LogP contribution in [0.15, 0.2) is 18.3 Å². The molecule has 3 nitrogen and oxygen atoms in total. The molecule has 1 aliphatic rings. The van der Waals surface area contributed by atoms with Gasteiger partial charge in [0.25, 0.3) is 0 Å². The van der Waals surface area contributed by atoms with Crippen LogP contribution in [0, 0.1) is 5.92 Å². The summed E-state index contributed by atoms with van der Waals surface area (Å²) in [6.45, 7) is 4.32. The summed E-state index contributed by atoms with van der Waals surface area (Å²) in [6.07, 6.45) is 6.32. The third kappa shape index (κ3) is 2.40. The topological polar surface area (TPSA) is 33.2 Å². The van der Waals surface area contributed by atoms with Gasteiger partial charge in [0.2, 0.25) is 0 Å². The fraction of sp³-hybridized carbons (Fsp3) is 0.538. The first-order valence-corrected chi connectivity index (χ1v) is 5.96. The van der Waals surface area contributed by atoms with Crippen LogP contribution < -0.4 is 4.90 Å². The van der Waals surface area contributed by atoms with Crippen molar-refractivity contribution in [2.75, 3.05) is 18.0 Å². The zero-order valence-corrected chi connectivity index (χ0v) is 9.72. The lowest BCUT2D eigenvalue weighted by Gasteiger charge is -2.22. The van der Waals surface area contributed by atoms with Crippen molar-refractivity contribution in [2.45, 2.75) is 26.2 Å². The minimum absolute atomic E-state index is 0.706. The van der Waals surface area contributed by atoms with Crippen LogP contribution in [0.2, 0.25) is 0 Å². The molecule has 1 atom stereocenters. The fourth-order valence-electron chi connectivity index (χ4n) is 2.24. The van der Waals surface area contributed by atoms with Crippen LogP contribution in [0.4, 0.5) is 5.82 Å². The van der Waals surface area contributed by atoms with Gasteiger partial charge in [0, 0.05) is 19.3 Å². The van der Waals surface area contributed by atoms with E-state index < -0.39 is 0 Å². The second-order valence-corrected chi connectivity index (χ2v) is 4.56. The third-order valence-corrected chi connectivity index (χ3v) is 3.26. The average Bonchev–Trinajstić information content (AvgIpc) is 2.54. The fourth-order valence-corrected chi connectivity index (χ4v) is 2.24. The van der Waals surface area contributed by atoms with Crippen LogP contribution in [-0.4, -0.2) is 24.4 Å². The Bertz CT molecular complexity index is 365. The van der Waals surface area contributed by atoms with Crippen LogP contribution in [0.5, 0.6) is 0 Å². The molecule has 1 saturated heterocycles. The van der Waals surface area contributed by atoms with E-state index in [1.807, 2.05) is 12.1 Å². The van der Waals surface area contributed by atoms with Crippen LogP contribution in [-0.2, 0) is 0 Å². The monoisotopic (exact) mass is 218 g/mol. The van der Waals surface area contributed by atoms with Crippen LogP contribution >= 0.6 is 0 Å². The third-order valence-electron chi connectivity index (χ3n) is 3.26. The summed E-state index contributed by atoms with van der Waals surface area (Å²) in [5, 5.41) is 0. The van der Waals surface area contributed by atoms with E-state index >= 15 is 0 Å². The molecule has 1 aliphatic heterocycles. The molecule has 0 radical (unpaired) electrons. The normalized spacial score (nSPS) is 21.6. The Hall–Kier alpha value is -1.38. The Kier molecular flexibility index (Phi) is 3.54. The summed E-state index contributed by atoms with van der Waals surface area (Å²) in [5.74, 6) is 1.64. The molecule has 0 aromatic carbocycles. The molecule has 0 N–H and O–H groups in total. The lowest BCUT2D eigenvalue weighted by Crippen LogP contribution is -2.26. The van der Waals surface area contributed by atoms with E-state index in [9.17, 15) is 4.79 Å². The molecule has 86 valence electrons. The Morgan fingerprint density at radius 3 is 3.12 bits per heavy atom. The van der Waals surface area contributed by atoms with Gasteiger partial charge in [-0.05, 0) is 37.3 Å². The van der Waals surface area contributed by atoms with Gasteiger partial charge in [-0.25, -0.2) is 4.98 Å². The molecule has 1 aromatic rings. The van der Waals surface area contributed by atoms with Gasteiger partial charge in [-0.15, -0.1) is 0 Å². The van der Waals surface area contributed by atoms with Crippen molar-refractivity contribution in [3.05, 3.63) is 23.9 Å². The van der Waals surface area contributed by atoms with Gasteiger partial charge >= 0.3 is 0 Å². The number of hydrogen-bond donors (Lipinski definition) is 0. The van der Waals surface area contributed by atoms with Gasteiger partial charge in [0.15, 0.2) is 6.29 Å². The van der Waals surface area contributed by atoms with Crippen LogP contribution in [0.1, 0.15) is 36.5 Å². The molecule has 0 saturated carbocycles. The summed E-state index contributed by atoms with van der Waals surface area (Å²) in [7, 11) is 0. The van der Waals surface area contributed by atoms with Crippen molar-refractivity contribution in [3.63, 3.8) is 0 Å². The Labute approximate surface area is 96.5 Å². The van der Waals surface area contributed by atoms with E-state index in [0.29, 0.717) is 5.56 Å². The van der Waals surface area contributed by atoms with E-state index in [0.717, 1.165) is 31.1 Å². The lowest BCUT2D eigenvalue weighted by atomic mass is 10.0. The molecule has 16 heavy (non-hydrogen) atoms. The van der Waals surface area contributed by atoms with Crippen molar-refractivity contribution >= 4 is 12.1 Å². The predicted octanol–water partition coefficient (Wildman–Crippen LogP) is 2.52. The quantitative estimate of drug-likeness (QED) is 0.715. The molecule has 0 amide bonds. The average molecular weight is 218 g/mol. The Morgan fingerprint density at radius 1 is 1.44 bits per heavy atom. The predicted molar refractivity (Wildman–Crippen MR) is 64.9 cm³/mol. The maximum atomic E-state index is 11.0. The number of hydrogen-bond acceptors (Lipinski definition) is 3. The van der Waals surface area contributed by atoms with Crippen molar-refractivity contribution in [2.24, 2.45) is 5.92 Å². The number of rotatable bonds is 2. The van der Waals surface area contributed by atoms with Crippen molar-refractivity contribution in [3.8, 4) is 0 Å². The molecule has 2 heterocycles. The molecule has 2 rings (SSSR count). The van der Waals surface area contributed by atoms with Gasteiger partial charge in [-0.1, -0.05) is 6.92 Å². The number of aromatic nitrogens is 1. The molecule has 3 heteroatoms. The number of carbonyl (C=O) groups excluding carboxylic acids is 1. The van der Waals surface area contributed by atoms with Gasteiger partial charge in [0.1, 0.15) is 5.82 Å². The van der Waals surface area contributed by atoms with Gasteiger partial charge in [-0.3, -0.25) is 4.79 Å². The summed E-state index contributed by atoms with van der Waals surface area (Å²) >= 11 is 0. The molecule has 0 bridgehead atoms. The van der Waals surface area contributed by atoms with E-state index in [-0.39, 0.29) is 0 Å². The number of nitrogens with zero attached hydrogens (tertiary/aromatic N) is 2. The highest BCUT2D eigenvalue weighted by Crippen LogP contribution is 2.22. The summed E-state index contributed by atoms with van der Waals surface area (Å²) in [5.41, 5.74) is 0.706. The highest BCUT2D eigenvalue weighted by atomic mass is 16.1. The number of pyridine rings is 1. The highest BCUT2D eigenvalue weighted by Gasteiger charge is 2.16. The van der Waals surface area contributed by atoms with Gasteiger partial charge < -0.3 is 4.90 Å². The minimum Gasteiger partial charge on any atom is -0.356 e. The summed E-state index contributed by atoms with van der Waals surface area (Å²) in [4.78, 5) is 17.5. The Morgan fingerprint density at radius 2 is 2.31 bits per heavy atom. The van der Waals surface area contributed by atoms with E-state index in [1.165, 1.54) is 19.3 Å². The van der Waals surface area contributed by atoms with Crippen molar-refractivity contribution < 1.29 is 4.79 Å². The van der Waals surface area contributed by atoms with Crippen LogP contribution in [0.3, 0.4) is 0 Å². The SMILES string of the molecule is CC1CCCN(c2ncccc2C=O)CC1. The number of carbonyl (C=O) groups is 1. The molecular weight excluding hydrogens is 200 g/mol. The standard InChI is InChI=1S/C13H18N2O/c1-11-4-3-8-15(9-6-11)13-12(10-16)5-2-7-14-13/h2,5,7,10-11H,3-4,6,8-9H2,1H3. The zero-order valence-electron chi connectivity index (χ0n) is 9.72. The minimum atomic E-state index is 0.706. The summed E-state index contributed by atoms with van der Waals surface area (Å²) in [6, 6.07) is 3.65. The highest BCUT2D eigenvalue weighted by molar-refractivity contribution is 5.82. The largest absolute Gasteiger partial charge is 0.356 e. The zero-order chi connectivity index (χ0) is 11.4. The first-order valence-electron chi connectivity index (χ1n) is 5.96. The second-order valence-electron chi connectivity index (χ2n) is 4.56. The maximum Gasteiger partial charge on any atom is 0.153 e. The van der Waals surface area contributed by atoms with Crippen molar-refractivity contribution in [1.29, 1.82) is 0 Å². The number of aldehydes is 1. The van der Waals surface area contributed by atoms with E-state index in [4.69, 9.17) is 0 Å². The first-order chi connectivity index (χ1) is 7.81. The van der Waals surface area contributed by atoms with Crippen molar-refractivity contribution in [1.82, 2.24) is 4.98 Å². The second kappa shape index (κ2) is 5.10. The molecule has 0 spiro atoms. The van der Waals surface area contributed by atoms with E-state index in [2.05, 4.69) is 16.8 Å². The first kappa shape index (κ1) is 11.1. The van der Waals surface area contributed by atoms with E-state index in [1.54, 1.807) is 6.20 Å². The van der Waals surface area contributed by atoms with Crippen LogP contribution in [0.25, 0.3) is 0 Å². The maximum absolute atomic E-state index is 11.0. The molecular formula is C13H18N2O.